The van der Waals surface area contributed by atoms with E-state index in [0.717, 1.165) is 18.2 Å². The van der Waals surface area contributed by atoms with E-state index in [1.54, 1.807) is 13.1 Å². The highest BCUT2D eigenvalue weighted by Gasteiger charge is 2.31. The van der Waals surface area contributed by atoms with E-state index >= 15 is 0 Å². The molecule has 6 nitrogen and oxygen atoms in total. The van der Waals surface area contributed by atoms with Gasteiger partial charge in [-0.15, -0.1) is 0 Å². The van der Waals surface area contributed by atoms with E-state index in [1.165, 1.54) is 12.4 Å². The quantitative estimate of drug-likeness (QED) is 0.623. The number of aromatic nitrogens is 3. The zero-order valence-electron chi connectivity index (χ0n) is 13.9. The Kier molecular flexibility index (Phi) is 4.79. The van der Waals surface area contributed by atoms with Gasteiger partial charge < -0.3 is 16.0 Å². The van der Waals surface area contributed by atoms with Crippen LogP contribution < -0.4 is 11.1 Å². The van der Waals surface area contributed by atoms with Crippen LogP contribution in [0.2, 0.25) is 5.02 Å². The second-order valence-corrected chi connectivity index (χ2v) is 5.97. The van der Waals surface area contributed by atoms with Crippen molar-refractivity contribution < 1.29 is 18.0 Å². The fraction of sp³-hybridized carbons (Fsp3) is 0.118. The smallest absolute Gasteiger partial charge is 0.373 e. The molecule has 0 saturated carbocycles. The molecule has 140 valence electrons. The van der Waals surface area contributed by atoms with Crippen LogP contribution in [0.3, 0.4) is 0 Å². The summed E-state index contributed by atoms with van der Waals surface area (Å²) >= 11 is 6.09. The van der Waals surface area contributed by atoms with Crippen LogP contribution in [-0.2, 0) is 6.18 Å². The van der Waals surface area contributed by atoms with Crippen LogP contribution >= 0.6 is 11.6 Å². The number of nitrogens with zero attached hydrogens (tertiary/aromatic N) is 2. The Labute approximate surface area is 156 Å². The average molecular weight is 396 g/mol. The lowest BCUT2D eigenvalue weighted by Crippen LogP contribution is -2.11. The molecule has 0 unspecified atom stereocenters. The SMILES string of the molecule is CNc1cc(-c2cc(C(N)=O)c(-c3cc(C(F)(F)F)ccc3Cl)[nH]2)ncn1. The molecule has 10 heteroatoms. The van der Waals surface area contributed by atoms with Crippen LogP contribution in [0.25, 0.3) is 22.6 Å². The van der Waals surface area contributed by atoms with E-state index in [1.807, 2.05) is 0 Å². The normalized spacial score (nSPS) is 11.4. The third-order valence-corrected chi connectivity index (χ3v) is 4.17. The lowest BCUT2D eigenvalue weighted by atomic mass is 10.0. The maximum Gasteiger partial charge on any atom is 0.416 e. The predicted octanol–water partition coefficient (Wildman–Crippen LogP) is 3.95. The maximum atomic E-state index is 13.1. The lowest BCUT2D eigenvalue weighted by Gasteiger charge is -2.10. The minimum atomic E-state index is -4.56. The van der Waals surface area contributed by atoms with Crippen LogP contribution in [0, 0.1) is 0 Å². The number of anilines is 1. The molecule has 0 fully saturated rings. The van der Waals surface area contributed by atoms with E-state index in [0.29, 0.717) is 17.2 Å². The van der Waals surface area contributed by atoms with Crippen LogP contribution in [0.5, 0.6) is 0 Å². The fourth-order valence-electron chi connectivity index (χ4n) is 2.53. The van der Waals surface area contributed by atoms with Gasteiger partial charge in [0.2, 0.25) is 0 Å². The van der Waals surface area contributed by atoms with Gasteiger partial charge >= 0.3 is 6.18 Å². The van der Waals surface area contributed by atoms with Gasteiger partial charge in [0.05, 0.1) is 28.2 Å². The largest absolute Gasteiger partial charge is 0.416 e. The lowest BCUT2D eigenvalue weighted by molar-refractivity contribution is -0.137. The van der Waals surface area contributed by atoms with Gasteiger partial charge in [-0.1, -0.05) is 11.6 Å². The Bertz CT molecular complexity index is 1020. The number of primary amides is 1. The number of hydrogen-bond acceptors (Lipinski definition) is 4. The van der Waals surface area contributed by atoms with Gasteiger partial charge in [0.1, 0.15) is 12.1 Å². The summed E-state index contributed by atoms with van der Waals surface area (Å²) in [6, 6.07) is 5.87. The van der Waals surface area contributed by atoms with Crippen LogP contribution in [0.4, 0.5) is 19.0 Å². The first-order valence-electron chi connectivity index (χ1n) is 7.61. The molecular formula is C17H13ClF3N5O. The number of nitrogens with one attached hydrogen (secondary N) is 2. The van der Waals surface area contributed by atoms with Crippen molar-refractivity contribution in [3.63, 3.8) is 0 Å². The molecule has 0 radical (unpaired) electrons. The topological polar surface area (TPSA) is 96.7 Å². The molecule has 0 aliphatic rings. The molecule has 0 aliphatic carbocycles. The number of hydrogen-bond donors (Lipinski definition) is 3. The summed E-state index contributed by atoms with van der Waals surface area (Å²) in [4.78, 5) is 22.8. The number of carbonyl (C=O) groups excluding carboxylic acids is 1. The van der Waals surface area contributed by atoms with Crippen molar-refractivity contribution in [2.24, 2.45) is 5.73 Å². The molecule has 2 heterocycles. The second kappa shape index (κ2) is 6.92. The Balaban J connectivity index is 2.19. The van der Waals surface area contributed by atoms with Crippen LogP contribution in [0.1, 0.15) is 15.9 Å². The van der Waals surface area contributed by atoms with Gasteiger partial charge in [0, 0.05) is 23.7 Å². The van der Waals surface area contributed by atoms with E-state index in [9.17, 15) is 18.0 Å². The number of H-pyrrole nitrogens is 1. The molecule has 2 aromatic heterocycles. The Hall–Kier alpha value is -3.07. The molecule has 1 amide bonds. The Morgan fingerprint density at radius 2 is 1.96 bits per heavy atom. The number of alkyl halides is 3. The minimum absolute atomic E-state index is 0.00385. The van der Waals surface area contributed by atoms with Gasteiger partial charge in [-0.05, 0) is 24.3 Å². The third kappa shape index (κ3) is 3.72. The van der Waals surface area contributed by atoms with Crippen molar-refractivity contribution in [1.82, 2.24) is 15.0 Å². The van der Waals surface area contributed by atoms with Crippen LogP contribution in [-0.4, -0.2) is 27.9 Å². The summed E-state index contributed by atoms with van der Waals surface area (Å²) in [5, 5.41) is 2.88. The number of amides is 1. The molecule has 1 aromatic carbocycles. The summed E-state index contributed by atoms with van der Waals surface area (Å²) in [5.74, 6) is -0.294. The molecule has 0 spiro atoms. The standard InChI is InChI=1S/C17H13ClF3N5O/c1-23-14-6-12(24-7-25-14)13-5-10(16(22)27)15(26-13)9-4-8(17(19,20)21)2-3-11(9)18/h2-7,26H,1H3,(H2,22,27)(H,23,24,25). The Morgan fingerprint density at radius 3 is 2.59 bits per heavy atom. The summed E-state index contributed by atoms with van der Waals surface area (Å²) < 4.78 is 39.2. The molecule has 3 aromatic rings. The number of nitrogens with two attached hydrogens (primary N) is 1. The number of aromatic amines is 1. The average Bonchev–Trinajstić information content (AvgIpc) is 3.06. The minimum Gasteiger partial charge on any atom is -0.373 e. The summed E-state index contributed by atoms with van der Waals surface area (Å²) in [6.45, 7) is 0. The summed E-state index contributed by atoms with van der Waals surface area (Å²) in [6.07, 6.45) is -3.25. The molecule has 27 heavy (non-hydrogen) atoms. The number of halogens is 4. The van der Waals surface area contributed by atoms with Crippen LogP contribution in [0.15, 0.2) is 36.7 Å². The van der Waals surface area contributed by atoms with Crippen molar-refractivity contribution >= 4 is 23.3 Å². The van der Waals surface area contributed by atoms with E-state index in [2.05, 4.69) is 20.3 Å². The summed E-state index contributed by atoms with van der Waals surface area (Å²) in [7, 11) is 1.67. The van der Waals surface area contributed by atoms with E-state index < -0.39 is 17.6 Å². The predicted molar refractivity (Wildman–Crippen MR) is 95.3 cm³/mol. The number of carbonyl (C=O) groups is 1. The van der Waals surface area contributed by atoms with Crippen molar-refractivity contribution in [3.8, 4) is 22.6 Å². The molecule has 0 atom stereocenters. The van der Waals surface area contributed by atoms with Gasteiger partial charge in [-0.25, -0.2) is 9.97 Å². The third-order valence-electron chi connectivity index (χ3n) is 3.85. The van der Waals surface area contributed by atoms with Gasteiger partial charge in [0.15, 0.2) is 0 Å². The molecule has 4 N–H and O–H groups in total. The Morgan fingerprint density at radius 1 is 1.22 bits per heavy atom. The highest BCUT2D eigenvalue weighted by molar-refractivity contribution is 6.33. The molecule has 0 saturated heterocycles. The molecule has 0 bridgehead atoms. The van der Waals surface area contributed by atoms with Crippen molar-refractivity contribution in [1.29, 1.82) is 0 Å². The fourth-order valence-corrected chi connectivity index (χ4v) is 2.75. The second-order valence-electron chi connectivity index (χ2n) is 5.57. The maximum absolute atomic E-state index is 13.1. The summed E-state index contributed by atoms with van der Waals surface area (Å²) in [5.41, 5.74) is 5.40. The number of rotatable bonds is 4. The molecular weight excluding hydrogens is 383 g/mol. The first-order valence-corrected chi connectivity index (χ1v) is 7.98. The number of benzene rings is 1. The monoisotopic (exact) mass is 395 g/mol. The van der Waals surface area contributed by atoms with E-state index in [-0.39, 0.29) is 21.8 Å². The highest BCUT2D eigenvalue weighted by Crippen LogP contribution is 2.38. The van der Waals surface area contributed by atoms with Crippen molar-refractivity contribution in [2.45, 2.75) is 6.18 Å². The van der Waals surface area contributed by atoms with Crippen molar-refractivity contribution in [3.05, 3.63) is 52.8 Å². The van der Waals surface area contributed by atoms with E-state index in [4.69, 9.17) is 17.3 Å². The van der Waals surface area contributed by atoms with Crippen molar-refractivity contribution in [2.75, 3.05) is 12.4 Å². The molecule has 3 rings (SSSR count). The van der Waals surface area contributed by atoms with Gasteiger partial charge in [-0.2, -0.15) is 13.2 Å². The first-order chi connectivity index (χ1) is 12.7. The van der Waals surface area contributed by atoms with Gasteiger partial charge in [-0.3, -0.25) is 4.79 Å². The first kappa shape index (κ1) is 18.7. The zero-order chi connectivity index (χ0) is 19.8. The van der Waals surface area contributed by atoms with Gasteiger partial charge in [0.25, 0.3) is 5.91 Å². The highest BCUT2D eigenvalue weighted by atomic mass is 35.5. The molecule has 0 aliphatic heterocycles. The zero-order valence-corrected chi connectivity index (χ0v) is 14.6.